The van der Waals surface area contributed by atoms with E-state index in [0.717, 1.165) is 19.2 Å². The SMILES string of the molecule is Cn1c(C(F)(F)F)c(-c2cc([As])c(C#N)cc2F)c(=O)[nH]c1=O. The van der Waals surface area contributed by atoms with Gasteiger partial charge in [-0.2, -0.15) is 0 Å². The fourth-order valence-electron chi connectivity index (χ4n) is 2.04. The average molecular weight is 387 g/mol. The molecule has 23 heavy (non-hydrogen) atoms. The van der Waals surface area contributed by atoms with E-state index >= 15 is 0 Å². The third-order valence-electron chi connectivity index (χ3n) is 3.07. The third-order valence-corrected chi connectivity index (χ3v) is 3.84. The number of alkyl halides is 3. The maximum atomic E-state index is 14.1. The minimum atomic E-state index is -5.05. The molecule has 0 amide bonds. The molecule has 0 atom stereocenters. The van der Waals surface area contributed by atoms with Crippen LogP contribution < -0.4 is 15.6 Å². The summed E-state index contributed by atoms with van der Waals surface area (Å²) in [5.41, 5.74) is -5.97. The number of H-pyrrole nitrogens is 1. The molecule has 0 aliphatic heterocycles. The predicted molar refractivity (Wildman–Crippen MR) is 72.8 cm³/mol. The van der Waals surface area contributed by atoms with Crippen molar-refractivity contribution in [1.82, 2.24) is 9.55 Å². The number of benzene rings is 1. The van der Waals surface area contributed by atoms with Gasteiger partial charge in [0.05, 0.1) is 0 Å². The summed E-state index contributed by atoms with van der Waals surface area (Å²) >= 11 is 1.90. The van der Waals surface area contributed by atoms with Crippen molar-refractivity contribution >= 4 is 21.2 Å². The molecular weight excluding hydrogens is 381 g/mol. The Morgan fingerprint density at radius 3 is 2.43 bits per heavy atom. The van der Waals surface area contributed by atoms with E-state index < -0.39 is 40.1 Å². The molecule has 1 aromatic heterocycles. The van der Waals surface area contributed by atoms with Gasteiger partial charge >= 0.3 is 134 Å². The fourth-order valence-corrected chi connectivity index (χ4v) is 2.56. The van der Waals surface area contributed by atoms with Gasteiger partial charge in [-0.3, -0.25) is 0 Å². The first kappa shape index (κ1) is 17.0. The Labute approximate surface area is 134 Å². The topological polar surface area (TPSA) is 78.7 Å². The number of nitrogens with zero attached hydrogens (tertiary/aromatic N) is 2. The fraction of sp³-hybridized carbons (Fsp3) is 0.154. The van der Waals surface area contributed by atoms with Crippen molar-refractivity contribution in [2.75, 3.05) is 0 Å². The van der Waals surface area contributed by atoms with Crippen LogP contribution in [0.4, 0.5) is 17.6 Å². The van der Waals surface area contributed by atoms with Crippen LogP contribution in [0.3, 0.4) is 0 Å². The van der Waals surface area contributed by atoms with E-state index in [9.17, 15) is 27.2 Å². The standard InChI is InChI=1S/C13H6AsF4N3O2/c1-21-10(13(16,17)18)9(11(22)20-12(21)23)6-3-7(14)5(4-19)2-8(6)15/h2-3H,1H3,(H,20,22,23). The molecule has 10 heteroatoms. The van der Waals surface area contributed by atoms with Crippen molar-refractivity contribution in [1.29, 1.82) is 5.26 Å². The van der Waals surface area contributed by atoms with Crippen molar-refractivity contribution in [2.45, 2.75) is 6.18 Å². The van der Waals surface area contributed by atoms with E-state index in [1.165, 1.54) is 0 Å². The van der Waals surface area contributed by atoms with Gasteiger partial charge in [-0.05, 0) is 0 Å². The number of nitriles is 1. The van der Waals surface area contributed by atoms with Crippen LogP contribution in [-0.2, 0) is 13.2 Å². The molecule has 0 aliphatic carbocycles. The molecule has 2 radical (unpaired) electrons. The second-order valence-corrected chi connectivity index (χ2v) is 5.51. The van der Waals surface area contributed by atoms with Gasteiger partial charge in [0.1, 0.15) is 0 Å². The zero-order valence-corrected chi connectivity index (χ0v) is 13.2. The Balaban J connectivity index is 2.99. The second kappa shape index (κ2) is 5.70. The number of halogens is 4. The van der Waals surface area contributed by atoms with Crippen LogP contribution in [0.25, 0.3) is 11.1 Å². The number of hydrogen-bond acceptors (Lipinski definition) is 3. The molecule has 1 aromatic carbocycles. The molecule has 2 aromatic rings. The van der Waals surface area contributed by atoms with E-state index in [1.807, 2.05) is 16.9 Å². The summed E-state index contributed by atoms with van der Waals surface area (Å²) in [6.45, 7) is 0. The zero-order valence-electron chi connectivity index (χ0n) is 11.3. The molecule has 0 saturated heterocycles. The molecular formula is C13H6AsF4N3O2. The molecule has 0 bridgehead atoms. The summed E-state index contributed by atoms with van der Waals surface area (Å²) in [4.78, 5) is 25.0. The van der Waals surface area contributed by atoms with Crippen LogP contribution in [0.15, 0.2) is 21.7 Å². The molecule has 0 spiro atoms. The minimum absolute atomic E-state index is 0.0962. The summed E-state index contributed by atoms with van der Waals surface area (Å²) in [7, 11) is 0.815. The van der Waals surface area contributed by atoms with Crippen LogP contribution in [0.5, 0.6) is 0 Å². The van der Waals surface area contributed by atoms with E-state index in [2.05, 4.69) is 0 Å². The van der Waals surface area contributed by atoms with Gasteiger partial charge in [0.15, 0.2) is 0 Å². The molecule has 1 heterocycles. The summed E-state index contributed by atoms with van der Waals surface area (Å²) < 4.78 is 54.2. The Morgan fingerprint density at radius 2 is 1.91 bits per heavy atom. The first-order chi connectivity index (χ1) is 10.6. The zero-order chi connectivity index (χ0) is 17.5. The van der Waals surface area contributed by atoms with E-state index in [-0.39, 0.29) is 14.5 Å². The van der Waals surface area contributed by atoms with Crippen molar-refractivity contribution in [2.24, 2.45) is 7.05 Å². The van der Waals surface area contributed by atoms with Crippen molar-refractivity contribution in [3.8, 4) is 17.2 Å². The Kier molecular flexibility index (Phi) is 4.22. The van der Waals surface area contributed by atoms with Crippen LogP contribution in [0.2, 0.25) is 0 Å². The number of aromatic amines is 1. The third kappa shape index (κ3) is 2.94. The molecule has 0 fully saturated rings. The van der Waals surface area contributed by atoms with Crippen LogP contribution in [-0.4, -0.2) is 26.4 Å². The summed E-state index contributed by atoms with van der Waals surface area (Å²) in [5, 5.41) is 8.80. The Morgan fingerprint density at radius 1 is 1.30 bits per heavy atom. The summed E-state index contributed by atoms with van der Waals surface area (Å²) in [5.74, 6) is -1.18. The van der Waals surface area contributed by atoms with Gasteiger partial charge in [-0.15, -0.1) is 0 Å². The van der Waals surface area contributed by atoms with Gasteiger partial charge in [0.2, 0.25) is 0 Å². The second-order valence-electron chi connectivity index (χ2n) is 4.50. The van der Waals surface area contributed by atoms with Crippen LogP contribution in [0.1, 0.15) is 11.3 Å². The number of nitrogens with one attached hydrogen (secondary N) is 1. The molecule has 0 unspecified atom stereocenters. The van der Waals surface area contributed by atoms with Crippen molar-refractivity contribution in [3.05, 3.63) is 50.0 Å². The van der Waals surface area contributed by atoms with Crippen LogP contribution in [0, 0.1) is 17.1 Å². The average Bonchev–Trinajstić information content (AvgIpc) is 2.43. The molecule has 0 aliphatic rings. The normalized spacial score (nSPS) is 11.3. The molecule has 2 rings (SSSR count). The monoisotopic (exact) mass is 387 g/mol. The molecule has 0 saturated carbocycles. The quantitative estimate of drug-likeness (QED) is 0.574. The van der Waals surface area contributed by atoms with E-state index in [0.29, 0.717) is 0 Å². The number of hydrogen-bond donors (Lipinski definition) is 1. The maximum absolute atomic E-state index is 14.1. The van der Waals surface area contributed by atoms with Gasteiger partial charge in [-0.25, -0.2) is 0 Å². The first-order valence-electron chi connectivity index (χ1n) is 5.91. The predicted octanol–water partition coefficient (Wildman–Crippen LogP) is 0.564. The number of rotatable bonds is 1. The summed E-state index contributed by atoms with van der Waals surface area (Å²) in [6.07, 6.45) is -5.05. The molecule has 118 valence electrons. The van der Waals surface area contributed by atoms with Crippen molar-refractivity contribution < 1.29 is 17.6 Å². The summed E-state index contributed by atoms with van der Waals surface area (Å²) in [6, 6.07) is 3.35. The van der Waals surface area contributed by atoms with Gasteiger partial charge in [-0.1, -0.05) is 0 Å². The van der Waals surface area contributed by atoms with Gasteiger partial charge in [0.25, 0.3) is 0 Å². The molecule has 5 nitrogen and oxygen atoms in total. The van der Waals surface area contributed by atoms with Gasteiger partial charge < -0.3 is 0 Å². The van der Waals surface area contributed by atoms with Gasteiger partial charge in [0, 0.05) is 0 Å². The van der Waals surface area contributed by atoms with E-state index in [4.69, 9.17) is 5.26 Å². The van der Waals surface area contributed by atoms with Crippen molar-refractivity contribution in [3.63, 3.8) is 0 Å². The first-order valence-corrected chi connectivity index (χ1v) is 6.85. The van der Waals surface area contributed by atoms with E-state index in [1.54, 1.807) is 11.1 Å². The Hall–Kier alpha value is -2.33. The Bertz CT molecular complexity index is 954. The number of aromatic nitrogens is 2. The van der Waals surface area contributed by atoms with Crippen LogP contribution >= 0.6 is 0 Å². The molecule has 1 N–H and O–H groups in total.